The maximum atomic E-state index is 15.0. The first-order valence-electron chi connectivity index (χ1n) is 24.2. The number of nitrogens with zero attached hydrogens (tertiary/aromatic N) is 2. The molecule has 8 nitrogen and oxygen atoms in total. The van der Waals surface area contributed by atoms with Crippen molar-refractivity contribution in [3.8, 4) is 0 Å². The van der Waals surface area contributed by atoms with E-state index in [0.29, 0.717) is 33.6 Å². The van der Waals surface area contributed by atoms with Gasteiger partial charge in [0.1, 0.15) is 5.76 Å². The van der Waals surface area contributed by atoms with Gasteiger partial charge in [-0.15, -0.1) is 0 Å². The summed E-state index contributed by atoms with van der Waals surface area (Å²) < 4.78 is 2.16. The van der Waals surface area contributed by atoms with Gasteiger partial charge in [-0.25, -0.2) is 0 Å². The number of aliphatic hydroxyl groups excluding tert-OH is 1. The maximum absolute atomic E-state index is 15.0. The normalized spacial score (nSPS) is 14.2. The number of hydrogen-bond donors (Lipinski definition) is 3. The van der Waals surface area contributed by atoms with Crippen LogP contribution in [0.1, 0.15) is 81.9 Å². The van der Waals surface area contributed by atoms with E-state index in [-0.39, 0.29) is 28.7 Å². The summed E-state index contributed by atoms with van der Waals surface area (Å²) in [5, 5.41) is 18.6. The van der Waals surface area contributed by atoms with Crippen LogP contribution in [0.3, 0.4) is 0 Å². The number of benzene rings is 7. The highest BCUT2D eigenvalue weighted by atomic mass is 16.3. The van der Waals surface area contributed by atoms with Crippen LogP contribution >= 0.6 is 0 Å². The van der Waals surface area contributed by atoms with Crippen molar-refractivity contribution in [2.45, 2.75) is 69.2 Å². The monoisotopic (exact) mass is 947 g/mol. The Labute approximate surface area is 422 Å². The Morgan fingerprint density at radius 1 is 0.486 bits per heavy atom. The Morgan fingerprint density at radius 3 is 1.42 bits per heavy atom. The van der Waals surface area contributed by atoms with E-state index in [9.17, 15) is 19.5 Å². The third kappa shape index (κ3) is 9.51. The van der Waals surface area contributed by atoms with Gasteiger partial charge in [-0.2, -0.15) is 4.58 Å². The molecule has 0 spiro atoms. The number of rotatable bonds is 10. The molecule has 0 saturated heterocycles. The molecule has 0 saturated carbocycles. The number of carbonyl (C=O) groups excluding carboxylic acids is 3. The van der Waals surface area contributed by atoms with Crippen LogP contribution in [-0.2, 0) is 4.79 Å². The van der Waals surface area contributed by atoms with E-state index in [1.165, 1.54) is 0 Å². The number of amides is 2. The zero-order valence-electron chi connectivity index (χ0n) is 42.6. The molecule has 0 atom stereocenters. The lowest BCUT2D eigenvalue weighted by molar-refractivity contribution is -0.111. The van der Waals surface area contributed by atoms with Crippen molar-refractivity contribution in [1.29, 1.82) is 0 Å². The summed E-state index contributed by atoms with van der Waals surface area (Å²) in [6, 6.07) is 45.4. The molecule has 0 bridgehead atoms. The molecule has 0 fully saturated rings. The lowest BCUT2D eigenvalue weighted by Crippen LogP contribution is -2.31. The molecular weight excluding hydrogens is 889 g/mol. The van der Waals surface area contributed by atoms with Crippen LogP contribution in [0.5, 0.6) is 0 Å². The molecule has 7 aromatic rings. The van der Waals surface area contributed by atoms with Crippen LogP contribution in [0.4, 0.5) is 34.1 Å². The summed E-state index contributed by atoms with van der Waals surface area (Å²) in [7, 11) is 0. The number of hydrogen-bond acceptors (Lipinski definition) is 5. The number of Topliss-reactive ketones (excluding diaryl/α,β-unsaturated/α-hetero) is 1. The van der Waals surface area contributed by atoms with E-state index in [1.807, 2.05) is 62.4 Å². The Morgan fingerprint density at radius 2 is 0.944 bits per heavy atom. The van der Waals surface area contributed by atoms with Gasteiger partial charge in [0.05, 0.1) is 22.5 Å². The number of ketones is 1. The summed E-state index contributed by atoms with van der Waals surface area (Å²) in [5.74, 6) is -1.44. The predicted molar refractivity (Wildman–Crippen MR) is 295 cm³/mol. The Kier molecular flexibility index (Phi) is 13.2. The van der Waals surface area contributed by atoms with E-state index in [0.717, 1.165) is 89.8 Å². The molecule has 0 aromatic heterocycles. The Bertz CT molecular complexity index is 3460. The molecule has 8 heteroatoms. The third-order valence-corrected chi connectivity index (χ3v) is 13.5. The zero-order chi connectivity index (χ0) is 51.1. The number of allylic oxidation sites excluding steroid dienone is 5. The minimum Gasteiger partial charge on any atom is -0.506 e. The van der Waals surface area contributed by atoms with Crippen LogP contribution < -0.4 is 20.1 Å². The molecular formula is C64H59N4O4+. The molecule has 0 unspecified atom stereocenters. The highest BCUT2D eigenvalue weighted by Crippen LogP contribution is 2.46. The fourth-order valence-electron chi connectivity index (χ4n) is 9.73. The minimum absolute atomic E-state index is 0.0485. The molecule has 0 aliphatic heterocycles. The predicted octanol–water partition coefficient (Wildman–Crippen LogP) is 14.5. The summed E-state index contributed by atoms with van der Waals surface area (Å²) in [5.41, 5.74) is 18.4. The molecule has 3 N–H and O–H groups in total. The van der Waals surface area contributed by atoms with Gasteiger partial charge in [0.15, 0.2) is 0 Å². The molecule has 2 amide bonds. The van der Waals surface area contributed by atoms with Crippen molar-refractivity contribution < 1.29 is 19.5 Å². The topological polar surface area (TPSA) is 102 Å². The summed E-state index contributed by atoms with van der Waals surface area (Å²) >= 11 is 0. The fourth-order valence-corrected chi connectivity index (χ4v) is 9.73. The molecule has 7 aromatic carbocycles. The van der Waals surface area contributed by atoms with E-state index in [1.54, 1.807) is 36.4 Å². The number of anilines is 4. The third-order valence-electron chi connectivity index (χ3n) is 13.5. The summed E-state index contributed by atoms with van der Waals surface area (Å²) in [6.45, 7) is 20.5. The van der Waals surface area contributed by atoms with Crippen molar-refractivity contribution in [1.82, 2.24) is 9.89 Å². The van der Waals surface area contributed by atoms with Crippen molar-refractivity contribution in [2.75, 3.05) is 10.2 Å². The molecule has 0 radical (unpaired) electrons. The van der Waals surface area contributed by atoms with Crippen LogP contribution in [0.25, 0.3) is 5.57 Å². The van der Waals surface area contributed by atoms with Crippen LogP contribution in [0.2, 0.25) is 0 Å². The second kappa shape index (κ2) is 19.6. The largest absolute Gasteiger partial charge is 0.506 e. The number of nitrogens with one attached hydrogen (secondary N) is 2. The van der Waals surface area contributed by atoms with Crippen molar-refractivity contribution in [3.63, 3.8) is 0 Å². The highest BCUT2D eigenvalue weighted by molar-refractivity contribution is 6.40. The number of aliphatic hydroxyl groups is 1. The van der Waals surface area contributed by atoms with Gasteiger partial charge < -0.3 is 20.6 Å². The van der Waals surface area contributed by atoms with Gasteiger partial charge in [-0.05, 0) is 153 Å². The fraction of sp³-hybridized carbons (Fsp3) is 0.156. The Balaban J connectivity index is 1.23. The molecule has 2 aliphatic rings. The first-order chi connectivity index (χ1) is 34.4. The van der Waals surface area contributed by atoms with Crippen LogP contribution in [0.15, 0.2) is 180 Å². The van der Waals surface area contributed by atoms with E-state index >= 15 is 0 Å². The second-order valence-electron chi connectivity index (χ2n) is 19.4. The molecule has 72 heavy (non-hydrogen) atoms. The molecule has 0 heterocycles. The van der Waals surface area contributed by atoms with Crippen molar-refractivity contribution in [3.05, 3.63) is 253 Å². The average molecular weight is 948 g/mol. The van der Waals surface area contributed by atoms with Crippen molar-refractivity contribution in [2.24, 2.45) is 0 Å². The van der Waals surface area contributed by atoms with Gasteiger partial charge in [0, 0.05) is 74.7 Å². The quantitative estimate of drug-likeness (QED) is 0.0936. The van der Waals surface area contributed by atoms with Gasteiger partial charge in [0.25, 0.3) is 11.8 Å². The average Bonchev–Trinajstić information content (AvgIpc) is 3.33. The van der Waals surface area contributed by atoms with Gasteiger partial charge in [-0.1, -0.05) is 94.0 Å². The lowest BCUT2D eigenvalue weighted by atomic mass is 9.78. The second-order valence-corrected chi connectivity index (χ2v) is 19.4. The van der Waals surface area contributed by atoms with E-state index in [4.69, 9.17) is 0 Å². The van der Waals surface area contributed by atoms with Gasteiger partial charge in [0.2, 0.25) is 22.9 Å². The smallest absolute Gasteiger partial charge is 0.255 e. The lowest BCUT2D eigenvalue weighted by Gasteiger charge is -2.31. The van der Waals surface area contributed by atoms with E-state index < -0.39 is 5.78 Å². The van der Waals surface area contributed by atoms with E-state index in [2.05, 4.69) is 148 Å². The van der Waals surface area contributed by atoms with Crippen LogP contribution in [-0.4, -0.2) is 28.4 Å². The standard InChI is InChI=1S/C64H58N4O4/c1-37-11-19-47(20-12-37)63(71)65-53-35-49(67(55-27-15-39(3)31-43(55)7)56-28-16-40(4)32-44(56)8)23-25-51(53)59-61(69)60(62(59)70)52-26-24-50(36-54(52)66-64(72)48-21-13-38(2)14-22-48)68(57-29-17-41(5)33-45(57)9)58-30-18-42(6)34-46(58)10/h11-36H,1-10H3,(H2,65,66,69,70,71,72)/p+1. The van der Waals surface area contributed by atoms with Gasteiger partial charge in [-0.3, -0.25) is 14.4 Å². The first-order valence-corrected chi connectivity index (χ1v) is 24.2. The SMILES string of the molecule is Cc1ccc(C(=O)NC2=CC(=[N+](c3ccc(C)cc3C)c3ccc(C)cc3C)C=C/C2=C2\C(=O)C(c3ccc(N(c4ccc(C)cc4C)c4ccc(C)cc4C)cc3NC(=O)c3ccc(C)cc3)=C2O)cc1. The van der Waals surface area contributed by atoms with Gasteiger partial charge >= 0.3 is 0 Å². The summed E-state index contributed by atoms with van der Waals surface area (Å²) in [6.07, 6.45) is 5.56. The summed E-state index contributed by atoms with van der Waals surface area (Å²) in [4.78, 5) is 45.5. The molecule has 9 rings (SSSR count). The Hall–Kier alpha value is -8.62. The zero-order valence-corrected chi connectivity index (χ0v) is 42.6. The number of aryl methyl sites for hydroxylation is 10. The highest BCUT2D eigenvalue weighted by Gasteiger charge is 2.40. The molecule has 358 valence electrons. The van der Waals surface area contributed by atoms with Crippen molar-refractivity contribution >= 4 is 63.0 Å². The van der Waals surface area contributed by atoms with Crippen LogP contribution in [0, 0.1) is 69.2 Å². The maximum Gasteiger partial charge on any atom is 0.255 e. The first kappa shape index (κ1) is 48.4. The minimum atomic E-state index is -0.439. The number of carbonyl (C=O) groups is 3. The molecule has 2 aliphatic carbocycles.